The first-order valence-corrected chi connectivity index (χ1v) is 9.35. The fourth-order valence-corrected chi connectivity index (χ4v) is 3.28. The summed E-state index contributed by atoms with van der Waals surface area (Å²) in [6.07, 6.45) is 1.85. The summed E-state index contributed by atoms with van der Waals surface area (Å²) in [5.74, 6) is 1.23. The van der Waals surface area contributed by atoms with Gasteiger partial charge in [-0.2, -0.15) is 5.10 Å². The summed E-state index contributed by atoms with van der Waals surface area (Å²) in [5.41, 5.74) is 4.43. The molecule has 27 heavy (non-hydrogen) atoms. The minimum absolute atomic E-state index is 0.161. The lowest BCUT2D eigenvalue weighted by Crippen LogP contribution is -2.18. The first-order valence-electron chi connectivity index (χ1n) is 9.35. The molecule has 0 fully saturated rings. The summed E-state index contributed by atoms with van der Waals surface area (Å²) in [5, 5.41) is 15.6. The highest BCUT2D eigenvalue weighted by Gasteiger charge is 2.26. The van der Waals surface area contributed by atoms with Crippen LogP contribution in [0.1, 0.15) is 64.1 Å². The molecule has 4 nitrogen and oxygen atoms in total. The smallest absolute Gasteiger partial charge is 0.128 e. The second-order valence-electron chi connectivity index (χ2n) is 9.17. The third-order valence-electron chi connectivity index (χ3n) is 4.77. The molecule has 2 aromatic carbocycles. The van der Waals surface area contributed by atoms with E-state index in [1.54, 1.807) is 0 Å². The van der Waals surface area contributed by atoms with Gasteiger partial charge in [0.1, 0.15) is 11.6 Å². The molecule has 142 valence electrons. The van der Waals surface area contributed by atoms with Crippen LogP contribution in [0.15, 0.2) is 41.5 Å². The molecule has 1 N–H and O–H groups in total. The maximum absolute atomic E-state index is 10.9. The third kappa shape index (κ3) is 3.75. The topological polar surface area (TPSA) is 50.4 Å². The van der Waals surface area contributed by atoms with Crippen LogP contribution in [0, 0.1) is 6.92 Å². The Morgan fingerprint density at radius 1 is 0.963 bits per heavy atom. The SMILES string of the molecule is Cc1nc2ccccc2n1/N=C/c1cc(C(C)(C)C)c(O)c(C(C)(C)C)c1. The van der Waals surface area contributed by atoms with Gasteiger partial charge < -0.3 is 5.11 Å². The number of phenols is 1. The molecule has 3 aromatic rings. The third-order valence-corrected chi connectivity index (χ3v) is 4.77. The number of phenolic OH excluding ortho intramolecular Hbond substituents is 1. The Kier molecular flexibility index (Phi) is 4.62. The maximum atomic E-state index is 10.9. The van der Waals surface area contributed by atoms with E-state index in [2.05, 4.69) is 51.6 Å². The highest BCUT2D eigenvalue weighted by Crippen LogP contribution is 2.39. The van der Waals surface area contributed by atoms with Crippen LogP contribution >= 0.6 is 0 Å². The summed E-state index contributed by atoms with van der Waals surface area (Å²) in [6, 6.07) is 12.0. The Bertz CT molecular complexity index is 979. The zero-order valence-corrected chi connectivity index (χ0v) is 17.3. The van der Waals surface area contributed by atoms with E-state index in [0.29, 0.717) is 5.75 Å². The number of aromatic hydroxyl groups is 1. The van der Waals surface area contributed by atoms with E-state index in [4.69, 9.17) is 0 Å². The average Bonchev–Trinajstić information content (AvgIpc) is 2.87. The van der Waals surface area contributed by atoms with Crippen molar-refractivity contribution in [1.82, 2.24) is 9.66 Å². The van der Waals surface area contributed by atoms with Crippen LogP contribution in [-0.2, 0) is 10.8 Å². The minimum atomic E-state index is -0.161. The van der Waals surface area contributed by atoms with E-state index < -0.39 is 0 Å². The molecule has 0 aliphatic carbocycles. The largest absolute Gasteiger partial charge is 0.507 e. The molecule has 1 aromatic heterocycles. The van der Waals surface area contributed by atoms with Crippen molar-refractivity contribution in [3.63, 3.8) is 0 Å². The Morgan fingerprint density at radius 2 is 1.52 bits per heavy atom. The van der Waals surface area contributed by atoms with Crippen LogP contribution in [0.5, 0.6) is 5.75 Å². The van der Waals surface area contributed by atoms with Gasteiger partial charge >= 0.3 is 0 Å². The normalized spacial score (nSPS) is 13.0. The van der Waals surface area contributed by atoms with E-state index in [1.165, 1.54) is 0 Å². The molecule has 0 bridgehead atoms. The number of benzene rings is 2. The van der Waals surface area contributed by atoms with E-state index in [0.717, 1.165) is 33.5 Å². The van der Waals surface area contributed by atoms with Gasteiger partial charge in [-0.15, -0.1) is 0 Å². The van der Waals surface area contributed by atoms with Crippen LogP contribution in [0.3, 0.4) is 0 Å². The van der Waals surface area contributed by atoms with Crippen molar-refractivity contribution in [1.29, 1.82) is 0 Å². The Balaban J connectivity index is 2.14. The van der Waals surface area contributed by atoms with Gasteiger partial charge in [-0.25, -0.2) is 9.66 Å². The predicted molar refractivity (Wildman–Crippen MR) is 113 cm³/mol. The van der Waals surface area contributed by atoms with Crippen molar-refractivity contribution in [3.05, 3.63) is 58.9 Å². The minimum Gasteiger partial charge on any atom is -0.507 e. The summed E-state index contributed by atoms with van der Waals surface area (Å²) in [4.78, 5) is 4.56. The van der Waals surface area contributed by atoms with Crippen LogP contribution in [0.4, 0.5) is 0 Å². The molecule has 0 spiro atoms. The van der Waals surface area contributed by atoms with Gasteiger partial charge in [0.2, 0.25) is 0 Å². The average molecular weight is 364 g/mol. The van der Waals surface area contributed by atoms with Crippen LogP contribution in [-0.4, -0.2) is 21.0 Å². The van der Waals surface area contributed by atoms with E-state index in [1.807, 2.05) is 54.2 Å². The second-order valence-corrected chi connectivity index (χ2v) is 9.17. The van der Waals surface area contributed by atoms with E-state index in [9.17, 15) is 5.11 Å². The zero-order chi connectivity index (χ0) is 20.0. The number of hydrogen-bond acceptors (Lipinski definition) is 3. The van der Waals surface area contributed by atoms with Crippen LogP contribution in [0.2, 0.25) is 0 Å². The van der Waals surface area contributed by atoms with Crippen molar-refractivity contribution in [3.8, 4) is 5.75 Å². The Labute approximate surface area is 161 Å². The summed E-state index contributed by atoms with van der Waals surface area (Å²) in [6.45, 7) is 14.6. The van der Waals surface area contributed by atoms with Crippen molar-refractivity contribution in [2.24, 2.45) is 5.10 Å². The maximum Gasteiger partial charge on any atom is 0.128 e. The lowest BCUT2D eigenvalue weighted by atomic mass is 9.78. The van der Waals surface area contributed by atoms with Crippen molar-refractivity contribution < 1.29 is 5.11 Å². The summed E-state index contributed by atoms with van der Waals surface area (Å²) in [7, 11) is 0. The van der Waals surface area contributed by atoms with Gasteiger partial charge in [0.15, 0.2) is 0 Å². The second kappa shape index (κ2) is 6.52. The molecule has 1 heterocycles. The van der Waals surface area contributed by atoms with Gasteiger partial charge in [0.05, 0.1) is 17.2 Å². The van der Waals surface area contributed by atoms with Crippen molar-refractivity contribution in [2.45, 2.75) is 59.3 Å². The van der Waals surface area contributed by atoms with Gasteiger partial charge in [0.25, 0.3) is 0 Å². The first-order chi connectivity index (χ1) is 12.5. The molecule has 0 aliphatic rings. The summed E-state index contributed by atoms with van der Waals surface area (Å²) < 4.78 is 1.86. The summed E-state index contributed by atoms with van der Waals surface area (Å²) >= 11 is 0. The molecular formula is C23H29N3O. The Morgan fingerprint density at radius 3 is 2.07 bits per heavy atom. The lowest BCUT2D eigenvalue weighted by Gasteiger charge is -2.27. The van der Waals surface area contributed by atoms with Crippen LogP contribution < -0.4 is 0 Å². The lowest BCUT2D eigenvalue weighted by molar-refractivity contribution is 0.423. The predicted octanol–water partition coefficient (Wildman–Crippen LogP) is 5.53. The quantitative estimate of drug-likeness (QED) is 0.609. The van der Waals surface area contributed by atoms with Gasteiger partial charge in [-0.1, -0.05) is 53.7 Å². The number of rotatable bonds is 2. The van der Waals surface area contributed by atoms with E-state index >= 15 is 0 Å². The first kappa shape index (κ1) is 19.2. The monoisotopic (exact) mass is 363 g/mol. The molecule has 0 unspecified atom stereocenters. The molecule has 4 heteroatoms. The highest BCUT2D eigenvalue weighted by molar-refractivity contribution is 5.83. The van der Waals surface area contributed by atoms with Crippen LogP contribution in [0.25, 0.3) is 11.0 Å². The number of aryl methyl sites for hydroxylation is 1. The number of para-hydroxylation sites is 2. The fourth-order valence-electron chi connectivity index (χ4n) is 3.28. The standard InChI is InChI=1S/C23H29N3O/c1-15-25-19-10-8-9-11-20(19)26(15)24-14-16-12-17(22(2,3)4)21(27)18(13-16)23(5,6)7/h8-14,27H,1-7H3/b24-14+. The molecule has 3 rings (SSSR count). The number of aromatic nitrogens is 2. The number of nitrogens with zero attached hydrogens (tertiary/aromatic N) is 3. The molecule has 0 aliphatic heterocycles. The number of hydrogen-bond donors (Lipinski definition) is 1. The van der Waals surface area contributed by atoms with Crippen molar-refractivity contribution >= 4 is 17.2 Å². The van der Waals surface area contributed by atoms with Gasteiger partial charge in [0, 0.05) is 11.1 Å². The molecule has 0 atom stereocenters. The molecule has 0 saturated heterocycles. The molecule has 0 radical (unpaired) electrons. The van der Waals surface area contributed by atoms with Gasteiger partial charge in [-0.3, -0.25) is 0 Å². The van der Waals surface area contributed by atoms with Crippen molar-refractivity contribution in [2.75, 3.05) is 0 Å². The number of fused-ring (bicyclic) bond motifs is 1. The number of imidazole rings is 1. The zero-order valence-electron chi connectivity index (χ0n) is 17.3. The highest BCUT2D eigenvalue weighted by atomic mass is 16.3. The molecule has 0 saturated carbocycles. The van der Waals surface area contributed by atoms with E-state index in [-0.39, 0.29) is 10.8 Å². The Hall–Kier alpha value is -2.62. The van der Waals surface area contributed by atoms with Gasteiger partial charge in [-0.05, 0) is 47.6 Å². The fraction of sp³-hybridized carbons (Fsp3) is 0.391. The molecular weight excluding hydrogens is 334 g/mol. The molecule has 0 amide bonds.